The van der Waals surface area contributed by atoms with E-state index in [9.17, 15) is 35.1 Å². The Balaban J connectivity index is 2.68. The first-order valence-electron chi connectivity index (χ1n) is 5.67. The van der Waals surface area contributed by atoms with E-state index in [-0.39, 0.29) is 13.3 Å². The highest BCUT2D eigenvalue weighted by atomic mass is 19.2. The van der Waals surface area contributed by atoms with Gasteiger partial charge in [-0.25, -0.2) is 35.1 Å². The molecule has 0 heterocycles. The Hall–Kier alpha value is -2.06. The minimum absolute atomic E-state index is 0.0485. The summed E-state index contributed by atoms with van der Waals surface area (Å²) in [6.07, 6.45) is 0. The molecule has 22 heavy (non-hydrogen) atoms. The Bertz CT molecular complexity index is 716. The van der Waals surface area contributed by atoms with Gasteiger partial charge in [0.2, 0.25) is 7.28 Å². The second-order valence-electron chi connectivity index (χ2n) is 4.32. The molecule has 0 atom stereocenters. The van der Waals surface area contributed by atoms with Gasteiger partial charge in [0, 0.05) is 11.6 Å². The summed E-state index contributed by atoms with van der Waals surface area (Å²) in [5, 5.41) is 0. The predicted molar refractivity (Wildman–Crippen MR) is 62.3 cm³/mol. The Morgan fingerprint density at radius 2 is 0.955 bits per heavy atom. The third-order valence-corrected chi connectivity index (χ3v) is 2.95. The molecular weight excluding hydrogens is 319 g/mol. The molecular formula is C13H4BF8. The molecule has 2 aromatic rings. The molecule has 0 aromatic heterocycles. The largest absolute Gasteiger partial charge is 0.207 e. The van der Waals surface area contributed by atoms with Crippen molar-refractivity contribution in [2.75, 3.05) is 0 Å². The van der Waals surface area contributed by atoms with Gasteiger partial charge in [-0.15, -0.1) is 0 Å². The lowest BCUT2D eigenvalue weighted by molar-refractivity contribution is 0.453. The van der Waals surface area contributed by atoms with E-state index < -0.39 is 63.0 Å². The lowest BCUT2D eigenvalue weighted by atomic mass is 9.62. The molecule has 0 aliphatic heterocycles. The molecule has 0 N–H and O–H groups in total. The number of rotatable bonds is 2. The smallest absolute Gasteiger partial charge is 0.204 e. The van der Waals surface area contributed by atoms with E-state index in [1.165, 1.54) is 0 Å². The van der Waals surface area contributed by atoms with Crippen LogP contribution in [0.15, 0.2) is 6.07 Å². The van der Waals surface area contributed by atoms with Crippen LogP contribution >= 0.6 is 0 Å². The minimum atomic E-state index is -1.96. The average molecular weight is 323 g/mol. The van der Waals surface area contributed by atoms with E-state index in [1.807, 2.05) is 0 Å². The zero-order chi connectivity index (χ0) is 16.8. The topological polar surface area (TPSA) is 0 Å². The summed E-state index contributed by atoms with van der Waals surface area (Å²) in [5.41, 5.74) is -3.99. The summed E-state index contributed by atoms with van der Waals surface area (Å²) in [4.78, 5) is 0. The third-order valence-electron chi connectivity index (χ3n) is 2.95. The highest BCUT2D eigenvalue weighted by molar-refractivity contribution is 6.67. The van der Waals surface area contributed by atoms with Crippen LogP contribution < -0.4 is 10.9 Å². The van der Waals surface area contributed by atoms with Gasteiger partial charge >= 0.3 is 0 Å². The van der Waals surface area contributed by atoms with Crippen LogP contribution in [0.25, 0.3) is 0 Å². The summed E-state index contributed by atoms with van der Waals surface area (Å²) in [5.74, 6) is -15.1. The van der Waals surface area contributed by atoms with E-state index in [0.29, 0.717) is 0 Å². The molecule has 2 aromatic carbocycles. The maximum atomic E-state index is 13.6. The normalized spacial score (nSPS) is 11.0. The molecule has 0 unspecified atom stereocenters. The number of benzene rings is 2. The molecule has 9 heteroatoms. The molecule has 2 rings (SSSR count). The molecule has 0 saturated carbocycles. The summed E-state index contributed by atoms with van der Waals surface area (Å²) in [6.45, 7) is 0.740. The predicted octanol–water partition coefficient (Wildman–Crippen LogP) is 2.76. The molecule has 115 valence electrons. The second kappa shape index (κ2) is 5.62. The Kier molecular flexibility index (Phi) is 4.17. The average Bonchev–Trinajstić information content (AvgIpc) is 2.48. The van der Waals surface area contributed by atoms with Gasteiger partial charge < -0.3 is 0 Å². The van der Waals surface area contributed by atoms with Crippen molar-refractivity contribution in [3.8, 4) is 0 Å². The zero-order valence-corrected chi connectivity index (χ0v) is 10.7. The lowest BCUT2D eigenvalue weighted by Gasteiger charge is -2.11. The van der Waals surface area contributed by atoms with Gasteiger partial charge in [-0.05, 0) is 17.8 Å². The van der Waals surface area contributed by atoms with Gasteiger partial charge in [-0.2, -0.15) is 0 Å². The fraction of sp³-hybridized carbons (Fsp3) is 0.0769. The maximum Gasteiger partial charge on any atom is 0.207 e. The van der Waals surface area contributed by atoms with Crippen molar-refractivity contribution in [3.63, 3.8) is 0 Å². The molecule has 1 radical (unpaired) electrons. The number of hydrogen-bond donors (Lipinski definition) is 0. The van der Waals surface area contributed by atoms with Crippen LogP contribution in [0.4, 0.5) is 35.1 Å². The van der Waals surface area contributed by atoms with Gasteiger partial charge in [-0.3, -0.25) is 0 Å². The van der Waals surface area contributed by atoms with Crippen LogP contribution in [-0.4, -0.2) is 7.28 Å². The van der Waals surface area contributed by atoms with Crippen LogP contribution in [0.1, 0.15) is 5.56 Å². The van der Waals surface area contributed by atoms with Crippen LogP contribution in [0, 0.1) is 53.5 Å². The van der Waals surface area contributed by atoms with Crippen molar-refractivity contribution >= 4 is 18.2 Å². The molecule has 0 bridgehead atoms. The van der Waals surface area contributed by atoms with Crippen LogP contribution in [-0.2, 0) is 0 Å². The van der Waals surface area contributed by atoms with Crippen molar-refractivity contribution in [1.29, 1.82) is 0 Å². The monoisotopic (exact) mass is 323 g/mol. The van der Waals surface area contributed by atoms with E-state index >= 15 is 0 Å². The van der Waals surface area contributed by atoms with Gasteiger partial charge in [0.25, 0.3) is 0 Å². The van der Waals surface area contributed by atoms with Crippen molar-refractivity contribution in [2.24, 2.45) is 0 Å². The van der Waals surface area contributed by atoms with Crippen LogP contribution in [0.3, 0.4) is 0 Å². The maximum absolute atomic E-state index is 13.6. The Labute approximate surface area is 119 Å². The number of hydrogen-bond acceptors (Lipinski definition) is 0. The molecule has 0 amide bonds. The van der Waals surface area contributed by atoms with E-state index in [4.69, 9.17) is 0 Å². The fourth-order valence-electron chi connectivity index (χ4n) is 1.75. The Morgan fingerprint density at radius 3 is 1.36 bits per heavy atom. The van der Waals surface area contributed by atoms with Gasteiger partial charge in [0.05, 0.1) is 0 Å². The first-order chi connectivity index (χ1) is 10.2. The van der Waals surface area contributed by atoms with Gasteiger partial charge in [0.1, 0.15) is 0 Å². The van der Waals surface area contributed by atoms with Gasteiger partial charge in [-0.1, -0.05) is 0 Å². The van der Waals surface area contributed by atoms with Crippen molar-refractivity contribution in [3.05, 3.63) is 58.2 Å². The quantitative estimate of drug-likeness (QED) is 0.453. The van der Waals surface area contributed by atoms with Gasteiger partial charge in [0.15, 0.2) is 46.5 Å². The molecule has 0 saturated heterocycles. The summed E-state index contributed by atoms with van der Waals surface area (Å²) < 4.78 is 107. The second-order valence-corrected chi connectivity index (χ2v) is 4.32. The molecule has 0 aliphatic carbocycles. The molecule has 0 spiro atoms. The highest BCUT2D eigenvalue weighted by Gasteiger charge is 2.27. The SMILES string of the molecule is Cc1c(F)c(F)c([B]c2c(F)c(F)cc(F)c2F)c(F)c1F. The van der Waals surface area contributed by atoms with Crippen LogP contribution in [0.2, 0.25) is 0 Å². The zero-order valence-electron chi connectivity index (χ0n) is 10.7. The molecule has 0 aliphatic rings. The highest BCUT2D eigenvalue weighted by Crippen LogP contribution is 2.17. The van der Waals surface area contributed by atoms with Crippen LogP contribution in [0.5, 0.6) is 0 Å². The van der Waals surface area contributed by atoms with E-state index in [2.05, 4.69) is 0 Å². The minimum Gasteiger partial charge on any atom is -0.204 e. The first kappa shape index (κ1) is 16.3. The lowest BCUT2D eigenvalue weighted by Crippen LogP contribution is -2.39. The van der Waals surface area contributed by atoms with E-state index in [1.54, 1.807) is 0 Å². The van der Waals surface area contributed by atoms with Crippen molar-refractivity contribution in [2.45, 2.75) is 6.92 Å². The third kappa shape index (κ3) is 2.44. The molecule has 0 nitrogen and oxygen atoms in total. The number of halogens is 8. The standard InChI is InChI=1S/C13H4BF8/c1-3-8(17)12(21)7(13(22)9(3)18)14-6-10(19)4(15)2-5(16)11(6)20/h2H,1H3. The Morgan fingerprint density at radius 1 is 0.591 bits per heavy atom. The molecule has 0 fully saturated rings. The summed E-state index contributed by atoms with van der Waals surface area (Å²) >= 11 is 0. The van der Waals surface area contributed by atoms with Crippen molar-refractivity contribution in [1.82, 2.24) is 0 Å². The summed E-state index contributed by atoms with van der Waals surface area (Å²) in [6, 6.07) is -0.120. The fourth-order valence-corrected chi connectivity index (χ4v) is 1.75. The first-order valence-corrected chi connectivity index (χ1v) is 5.67. The summed E-state index contributed by atoms with van der Waals surface area (Å²) in [7, 11) is -0.0485. The van der Waals surface area contributed by atoms with E-state index in [0.717, 1.165) is 6.92 Å². The van der Waals surface area contributed by atoms with Crippen molar-refractivity contribution < 1.29 is 35.1 Å².